The molecule has 0 aromatic carbocycles. The molecule has 0 rings (SSSR count). The molecule has 0 fully saturated rings. The van der Waals surface area contributed by atoms with Crippen molar-refractivity contribution in [2.75, 3.05) is 41.0 Å². The van der Waals surface area contributed by atoms with Crippen molar-refractivity contribution in [1.29, 1.82) is 0 Å². The maximum absolute atomic E-state index is 12.8. The van der Waals surface area contributed by atoms with E-state index in [-0.39, 0.29) is 36.2 Å². The number of carboxylic acids is 1. The number of carbonyl (C=O) groups is 3. The summed E-state index contributed by atoms with van der Waals surface area (Å²) in [6.45, 7) is 4.74. The molecule has 2 unspecified atom stereocenters. The molecule has 0 amide bonds. The number of carboxylic acid groups (broad SMARTS) is 1. The first-order valence-electron chi connectivity index (χ1n) is 24.4. The molecule has 0 aliphatic rings. The minimum absolute atomic E-state index is 0.0474. The number of carbonyl (C=O) groups excluding carboxylic acids is 2. The highest BCUT2D eigenvalue weighted by Gasteiger charge is 2.31. The molecule has 58 heavy (non-hydrogen) atoms. The van der Waals surface area contributed by atoms with Gasteiger partial charge in [0.05, 0.1) is 34.4 Å². The molecule has 0 aliphatic heterocycles. The number of nitrogens with zero attached hydrogens (tertiary/aromatic N) is 1. The minimum Gasteiger partial charge on any atom is -0.477 e. The fourth-order valence-electron chi connectivity index (χ4n) is 7.32. The predicted molar refractivity (Wildman–Crippen MR) is 243 cm³/mol. The maximum Gasteiger partial charge on any atom is 0.362 e. The second-order valence-corrected chi connectivity index (χ2v) is 17.8. The number of allylic oxidation sites excluding steroid dienone is 4. The number of quaternary nitrogens is 1. The number of hydrogen-bond acceptors (Lipinski definition) is 6. The largest absolute Gasteiger partial charge is 0.477 e. The van der Waals surface area contributed by atoms with Crippen LogP contribution in [0.4, 0.5) is 0 Å². The van der Waals surface area contributed by atoms with Gasteiger partial charge in [-0.1, -0.05) is 192 Å². The lowest BCUT2D eigenvalue weighted by Crippen LogP contribution is -2.50. The molecule has 0 aromatic rings. The van der Waals surface area contributed by atoms with E-state index in [9.17, 15) is 19.5 Å². The molecule has 0 radical (unpaired) electrons. The van der Waals surface area contributed by atoms with Crippen LogP contribution in [0, 0.1) is 0 Å². The lowest BCUT2D eigenvalue weighted by molar-refractivity contribution is -0.887. The van der Waals surface area contributed by atoms with Crippen molar-refractivity contribution in [2.45, 2.75) is 238 Å². The van der Waals surface area contributed by atoms with Crippen LogP contribution in [0.5, 0.6) is 0 Å². The molecule has 0 aliphatic carbocycles. The topological polar surface area (TPSA) is 99.1 Å². The molecule has 0 spiro atoms. The van der Waals surface area contributed by atoms with Crippen LogP contribution in [0.2, 0.25) is 0 Å². The van der Waals surface area contributed by atoms with Gasteiger partial charge in [-0.05, 0) is 38.5 Å². The number of aliphatic carboxylic acids is 1. The van der Waals surface area contributed by atoms with Gasteiger partial charge in [-0.15, -0.1) is 0 Å². The molecule has 8 heteroatoms. The zero-order chi connectivity index (χ0) is 42.8. The first-order chi connectivity index (χ1) is 28.1. The van der Waals surface area contributed by atoms with Gasteiger partial charge in [-0.3, -0.25) is 9.59 Å². The average molecular weight is 821 g/mol. The third-order valence-corrected chi connectivity index (χ3v) is 11.1. The highest BCUT2D eigenvalue weighted by atomic mass is 16.6. The van der Waals surface area contributed by atoms with Gasteiger partial charge in [0.2, 0.25) is 0 Å². The van der Waals surface area contributed by atoms with Crippen LogP contribution in [0.3, 0.4) is 0 Å². The van der Waals surface area contributed by atoms with Crippen LogP contribution in [-0.2, 0) is 28.6 Å². The second kappa shape index (κ2) is 41.5. The zero-order valence-corrected chi connectivity index (χ0v) is 38.8. The molecule has 0 saturated carbocycles. The third-order valence-electron chi connectivity index (χ3n) is 11.1. The summed E-state index contributed by atoms with van der Waals surface area (Å²) in [7, 11) is 5.54. The number of rotatable bonds is 44. The highest BCUT2D eigenvalue weighted by molar-refractivity contribution is 5.72. The van der Waals surface area contributed by atoms with Gasteiger partial charge in [-0.25, -0.2) is 4.79 Å². The summed E-state index contributed by atoms with van der Waals surface area (Å²) in [5.74, 6) is -1.46. The predicted octanol–water partition coefficient (Wildman–Crippen LogP) is 13.6. The lowest BCUT2D eigenvalue weighted by Gasteiger charge is -2.31. The van der Waals surface area contributed by atoms with Gasteiger partial charge in [0.1, 0.15) is 6.61 Å². The number of likely N-dealkylation sites (N-methyl/N-ethyl adjacent to an activating group) is 1. The van der Waals surface area contributed by atoms with Crippen LogP contribution < -0.4 is 0 Å². The van der Waals surface area contributed by atoms with Gasteiger partial charge >= 0.3 is 17.9 Å². The SMILES string of the molecule is CCCCC/C=C/C=C/CCCCCCCCCCCCC(=O)OC(COCCC(C(=O)O)[N+](C)(C)C)COC(=O)CCCCCCCCCCCCCCCCC. The van der Waals surface area contributed by atoms with Crippen LogP contribution in [0.15, 0.2) is 24.3 Å². The first kappa shape index (κ1) is 55.8. The molecule has 340 valence electrons. The third kappa shape index (κ3) is 39.3. The van der Waals surface area contributed by atoms with Gasteiger partial charge in [0, 0.05) is 19.3 Å². The van der Waals surface area contributed by atoms with Gasteiger partial charge in [0.15, 0.2) is 12.1 Å². The summed E-state index contributed by atoms with van der Waals surface area (Å²) in [5.41, 5.74) is 0. The zero-order valence-electron chi connectivity index (χ0n) is 38.8. The van der Waals surface area contributed by atoms with E-state index in [1.165, 1.54) is 154 Å². The number of unbranched alkanes of at least 4 members (excludes halogenated alkanes) is 27. The fourth-order valence-corrected chi connectivity index (χ4v) is 7.32. The molecular weight excluding hydrogens is 727 g/mol. The Hall–Kier alpha value is -2.19. The van der Waals surface area contributed by atoms with Crippen LogP contribution >= 0.6 is 0 Å². The Morgan fingerprint density at radius 1 is 0.517 bits per heavy atom. The second-order valence-electron chi connectivity index (χ2n) is 17.8. The van der Waals surface area contributed by atoms with Crippen molar-refractivity contribution in [3.05, 3.63) is 24.3 Å². The van der Waals surface area contributed by atoms with Crippen molar-refractivity contribution >= 4 is 17.9 Å². The molecule has 8 nitrogen and oxygen atoms in total. The Morgan fingerprint density at radius 2 is 0.897 bits per heavy atom. The molecule has 0 bridgehead atoms. The van der Waals surface area contributed by atoms with Crippen LogP contribution in [0.1, 0.15) is 226 Å². The van der Waals surface area contributed by atoms with Gasteiger partial charge in [0.25, 0.3) is 0 Å². The van der Waals surface area contributed by atoms with E-state index >= 15 is 0 Å². The summed E-state index contributed by atoms with van der Waals surface area (Å²) < 4.78 is 17.3. The monoisotopic (exact) mass is 821 g/mol. The van der Waals surface area contributed by atoms with Crippen molar-refractivity contribution in [1.82, 2.24) is 0 Å². The Morgan fingerprint density at radius 3 is 1.33 bits per heavy atom. The van der Waals surface area contributed by atoms with Crippen molar-refractivity contribution < 1.29 is 38.2 Å². The minimum atomic E-state index is -0.873. The summed E-state index contributed by atoms with van der Waals surface area (Å²) in [4.78, 5) is 37.1. The summed E-state index contributed by atoms with van der Waals surface area (Å²) in [5, 5.41) is 9.64. The van der Waals surface area contributed by atoms with Crippen LogP contribution in [0.25, 0.3) is 0 Å². The van der Waals surface area contributed by atoms with Crippen molar-refractivity contribution in [3.8, 4) is 0 Å². The molecule has 0 heterocycles. The quantitative estimate of drug-likeness (QED) is 0.0283. The first-order valence-corrected chi connectivity index (χ1v) is 24.4. The molecule has 0 aromatic heterocycles. The summed E-state index contributed by atoms with van der Waals surface area (Å²) in [6.07, 6.45) is 46.4. The Balaban J connectivity index is 4.26. The average Bonchev–Trinajstić information content (AvgIpc) is 3.18. The number of hydrogen-bond donors (Lipinski definition) is 1. The van der Waals surface area contributed by atoms with E-state index in [0.29, 0.717) is 19.3 Å². The lowest BCUT2D eigenvalue weighted by atomic mass is 10.0. The normalized spacial score (nSPS) is 13.1. The van der Waals surface area contributed by atoms with E-state index < -0.39 is 18.1 Å². The fraction of sp³-hybridized carbons (Fsp3) is 0.860. The molecular formula is C50H94NO7+. The van der Waals surface area contributed by atoms with Gasteiger partial charge < -0.3 is 23.8 Å². The summed E-state index contributed by atoms with van der Waals surface area (Å²) in [6, 6.07) is -0.612. The Kier molecular flexibility index (Phi) is 40.0. The smallest absolute Gasteiger partial charge is 0.362 e. The molecule has 2 atom stereocenters. The standard InChI is InChI=1S/C50H93NO7/c1-6-8-10-12-14-16-18-20-22-23-24-25-27-29-31-33-35-37-39-41-49(53)58-46(44-56-43-42-47(50(54)55)51(3,4)5)45-57-48(52)40-38-36-34-32-30-28-26-21-19-17-15-13-11-9-7-2/h14,16,18,20,46-47H,6-13,15,17,19,21-45H2,1-5H3/p+1/b16-14+,20-18+. The van der Waals surface area contributed by atoms with Crippen molar-refractivity contribution in [2.24, 2.45) is 0 Å². The van der Waals surface area contributed by atoms with E-state index in [1.807, 2.05) is 21.1 Å². The van der Waals surface area contributed by atoms with E-state index in [4.69, 9.17) is 14.2 Å². The molecule has 1 N–H and O–H groups in total. The Labute approximate surface area is 358 Å². The van der Waals surface area contributed by atoms with Crippen LogP contribution in [-0.4, -0.2) is 80.6 Å². The Bertz CT molecular complexity index is 1000. The summed E-state index contributed by atoms with van der Waals surface area (Å²) >= 11 is 0. The van der Waals surface area contributed by atoms with E-state index in [1.54, 1.807) is 0 Å². The number of ether oxygens (including phenoxy) is 3. The number of esters is 2. The van der Waals surface area contributed by atoms with E-state index in [0.717, 1.165) is 38.5 Å². The molecule has 0 saturated heterocycles. The van der Waals surface area contributed by atoms with Crippen molar-refractivity contribution in [3.63, 3.8) is 0 Å². The van der Waals surface area contributed by atoms with Gasteiger partial charge in [-0.2, -0.15) is 0 Å². The highest BCUT2D eigenvalue weighted by Crippen LogP contribution is 2.16. The maximum atomic E-state index is 12.8. The van der Waals surface area contributed by atoms with E-state index in [2.05, 4.69) is 38.2 Å².